The van der Waals surface area contributed by atoms with Crippen LogP contribution in [0.1, 0.15) is 45.7 Å². The third kappa shape index (κ3) is 6.82. The molecule has 1 amide bonds. The van der Waals surface area contributed by atoms with Crippen LogP contribution in [0.25, 0.3) is 0 Å². The number of hydrogen-bond acceptors (Lipinski definition) is 4. The van der Waals surface area contributed by atoms with Crippen LogP contribution in [0.15, 0.2) is 12.1 Å². The van der Waals surface area contributed by atoms with Crippen molar-refractivity contribution in [3.8, 4) is 0 Å². The number of anilines is 1. The zero-order valence-electron chi connectivity index (χ0n) is 13.9. The van der Waals surface area contributed by atoms with Crippen molar-refractivity contribution >= 4 is 25.2 Å². The molecule has 0 saturated carbocycles. The second kappa shape index (κ2) is 10.1. The van der Waals surface area contributed by atoms with E-state index >= 15 is 0 Å². The molecule has 0 aliphatic heterocycles. The molecule has 22 heavy (non-hydrogen) atoms. The average Bonchev–Trinajstić information content (AvgIpc) is 2.40. The highest BCUT2D eigenvalue weighted by Gasteiger charge is 2.27. The second-order valence-electron chi connectivity index (χ2n) is 3.97. The minimum Gasteiger partial charge on any atom is -0.366 e. The molecule has 0 aliphatic rings. The maximum atomic E-state index is 13.7. The van der Waals surface area contributed by atoms with Gasteiger partial charge in [-0.3, -0.25) is 4.79 Å². The molecule has 1 aromatic rings. The van der Waals surface area contributed by atoms with Crippen LogP contribution in [0.5, 0.6) is 0 Å². The van der Waals surface area contributed by atoms with Crippen molar-refractivity contribution in [3.63, 3.8) is 0 Å². The van der Waals surface area contributed by atoms with Gasteiger partial charge in [0.25, 0.3) is 5.91 Å². The third-order valence-corrected chi connectivity index (χ3v) is 2.19. The number of carbonyl (C=O) groups is 1. The molecule has 7 heteroatoms. The van der Waals surface area contributed by atoms with Crippen LogP contribution in [0.2, 0.25) is 0 Å². The van der Waals surface area contributed by atoms with E-state index in [4.69, 9.17) is 23.5 Å². The van der Waals surface area contributed by atoms with Gasteiger partial charge in [0.1, 0.15) is 5.82 Å². The van der Waals surface area contributed by atoms with Gasteiger partial charge in [-0.05, 0) is 31.5 Å². The van der Waals surface area contributed by atoms with E-state index in [9.17, 15) is 9.18 Å². The minimum absolute atomic E-state index is 0.0390. The second-order valence-corrected chi connectivity index (χ2v) is 3.97. The Balaban J connectivity index is 0. The van der Waals surface area contributed by atoms with Crippen LogP contribution >= 0.6 is 0 Å². The average molecular weight is 310 g/mol. The van der Waals surface area contributed by atoms with Crippen LogP contribution < -0.4 is 5.32 Å². The molecule has 0 aliphatic carbocycles. The quantitative estimate of drug-likeness (QED) is 0.392. The standard InChI is InChI=1S/C11H12BFN2O3.2C2H6/c1-5-3-7(13)9(6(2)14)8(4-5)15-10(16)11(12,17)18;2*1-2/h3-4,14,17-18H,1-2H3,(H,15,16);2*1-2H3. The van der Waals surface area contributed by atoms with Crippen molar-refractivity contribution in [2.75, 3.05) is 5.32 Å². The summed E-state index contributed by atoms with van der Waals surface area (Å²) in [5.41, 5.74) is -2.83. The maximum absolute atomic E-state index is 13.7. The molecule has 0 fully saturated rings. The first-order chi connectivity index (χ1) is 10.1. The normalized spacial score (nSPS) is 9.68. The van der Waals surface area contributed by atoms with E-state index in [0.717, 1.165) is 0 Å². The van der Waals surface area contributed by atoms with Crippen LogP contribution in [0.3, 0.4) is 0 Å². The lowest BCUT2D eigenvalue weighted by Crippen LogP contribution is -2.43. The molecule has 4 N–H and O–H groups in total. The van der Waals surface area contributed by atoms with Crippen molar-refractivity contribution in [1.29, 1.82) is 5.41 Å². The number of hydrogen-bond donors (Lipinski definition) is 4. The zero-order valence-corrected chi connectivity index (χ0v) is 13.9. The van der Waals surface area contributed by atoms with E-state index in [0.29, 0.717) is 5.56 Å². The molecule has 1 aromatic carbocycles. The molecule has 0 atom stereocenters. The fraction of sp³-hybridized carbons (Fsp3) is 0.467. The lowest BCUT2D eigenvalue weighted by Gasteiger charge is -2.18. The molecule has 0 bridgehead atoms. The van der Waals surface area contributed by atoms with Crippen LogP contribution in [0, 0.1) is 18.2 Å². The van der Waals surface area contributed by atoms with Crippen molar-refractivity contribution in [1.82, 2.24) is 0 Å². The molecular weight excluding hydrogens is 286 g/mol. The summed E-state index contributed by atoms with van der Waals surface area (Å²) in [6.45, 7) is 10.9. The number of benzene rings is 1. The summed E-state index contributed by atoms with van der Waals surface area (Å²) in [7, 11) is 4.78. The SMILES string of the molecule is CC.CC.[B]C(O)(O)C(=O)Nc1cc(C)cc(F)c1C(C)=N. The summed E-state index contributed by atoms with van der Waals surface area (Å²) in [4.78, 5) is 11.3. The first-order valence-electron chi connectivity index (χ1n) is 7.03. The predicted octanol–water partition coefficient (Wildman–Crippen LogP) is 2.32. The molecule has 0 unspecified atom stereocenters. The van der Waals surface area contributed by atoms with E-state index in [1.807, 2.05) is 27.7 Å². The summed E-state index contributed by atoms with van der Waals surface area (Å²) in [5.74, 6) is -1.99. The topological polar surface area (TPSA) is 93.4 Å². The van der Waals surface area contributed by atoms with Gasteiger partial charge >= 0.3 is 0 Å². The zero-order chi connectivity index (χ0) is 18.1. The van der Waals surface area contributed by atoms with Crippen LogP contribution in [-0.4, -0.2) is 35.4 Å². The van der Waals surface area contributed by atoms with Crippen molar-refractivity contribution in [2.45, 2.75) is 47.2 Å². The Labute approximate surface area is 132 Å². The molecule has 1 rings (SSSR count). The first-order valence-corrected chi connectivity index (χ1v) is 7.03. The summed E-state index contributed by atoms with van der Waals surface area (Å²) < 4.78 is 13.7. The number of amides is 1. The summed E-state index contributed by atoms with van der Waals surface area (Å²) >= 11 is 0. The number of halogens is 1. The Morgan fingerprint density at radius 1 is 1.27 bits per heavy atom. The van der Waals surface area contributed by atoms with E-state index in [1.54, 1.807) is 6.92 Å². The summed E-state index contributed by atoms with van der Waals surface area (Å²) in [6.07, 6.45) is 0. The molecular formula is C15H24BFN2O3. The molecule has 0 aromatic heterocycles. The lowest BCUT2D eigenvalue weighted by molar-refractivity contribution is -0.151. The van der Waals surface area contributed by atoms with Gasteiger partial charge in [-0.2, -0.15) is 0 Å². The molecule has 0 saturated heterocycles. The molecule has 122 valence electrons. The highest BCUT2D eigenvalue weighted by atomic mass is 19.1. The largest absolute Gasteiger partial charge is 0.366 e. The lowest BCUT2D eigenvalue weighted by atomic mass is 9.94. The Morgan fingerprint density at radius 2 is 1.73 bits per heavy atom. The Kier molecular flexibility index (Phi) is 10.3. The number of aryl methyl sites for hydroxylation is 1. The first kappa shape index (κ1) is 22.6. The number of rotatable bonds is 3. The number of nitrogens with one attached hydrogen (secondary N) is 2. The van der Waals surface area contributed by atoms with Gasteiger partial charge < -0.3 is 20.9 Å². The van der Waals surface area contributed by atoms with Gasteiger partial charge in [0.2, 0.25) is 0 Å². The van der Waals surface area contributed by atoms with Gasteiger partial charge in [-0.1, -0.05) is 27.7 Å². The number of aliphatic hydroxyl groups is 2. The summed E-state index contributed by atoms with van der Waals surface area (Å²) in [5, 5.41) is 27.3. The van der Waals surface area contributed by atoms with Crippen molar-refractivity contribution in [3.05, 3.63) is 29.1 Å². The molecule has 5 nitrogen and oxygen atoms in total. The van der Waals surface area contributed by atoms with E-state index < -0.39 is 17.4 Å². The monoisotopic (exact) mass is 310 g/mol. The van der Waals surface area contributed by atoms with Crippen molar-refractivity contribution in [2.24, 2.45) is 0 Å². The maximum Gasteiger partial charge on any atom is 0.272 e. The molecule has 2 radical (unpaired) electrons. The van der Waals surface area contributed by atoms with Crippen LogP contribution in [-0.2, 0) is 4.79 Å². The van der Waals surface area contributed by atoms with Crippen molar-refractivity contribution < 1.29 is 19.4 Å². The fourth-order valence-electron chi connectivity index (χ4n) is 1.44. The molecule has 0 spiro atoms. The Morgan fingerprint density at radius 3 is 2.09 bits per heavy atom. The Bertz CT molecular complexity index is 514. The van der Waals surface area contributed by atoms with E-state index in [2.05, 4.69) is 5.32 Å². The summed E-state index contributed by atoms with van der Waals surface area (Å²) in [6, 6.07) is 2.61. The molecule has 0 heterocycles. The minimum atomic E-state index is -3.06. The van der Waals surface area contributed by atoms with E-state index in [1.165, 1.54) is 19.1 Å². The fourth-order valence-corrected chi connectivity index (χ4v) is 1.44. The number of carbonyl (C=O) groups excluding carboxylic acids is 1. The van der Waals surface area contributed by atoms with Gasteiger partial charge in [-0.25, -0.2) is 4.39 Å². The van der Waals surface area contributed by atoms with Gasteiger partial charge in [-0.15, -0.1) is 0 Å². The van der Waals surface area contributed by atoms with E-state index in [-0.39, 0.29) is 17.0 Å². The van der Waals surface area contributed by atoms with Gasteiger partial charge in [0, 0.05) is 5.71 Å². The predicted molar refractivity (Wildman–Crippen MR) is 87.9 cm³/mol. The van der Waals surface area contributed by atoms with Gasteiger partial charge in [0.05, 0.1) is 11.3 Å². The van der Waals surface area contributed by atoms with Gasteiger partial charge in [0.15, 0.2) is 13.5 Å². The smallest absolute Gasteiger partial charge is 0.272 e. The highest BCUT2D eigenvalue weighted by molar-refractivity contribution is 6.28. The third-order valence-electron chi connectivity index (χ3n) is 2.19. The van der Waals surface area contributed by atoms with Crippen LogP contribution in [0.4, 0.5) is 10.1 Å². The Hall–Kier alpha value is -1.73. The highest BCUT2D eigenvalue weighted by Crippen LogP contribution is 2.22.